The Balaban J connectivity index is 2.44. The number of nitro groups is 1. The third-order valence-electron chi connectivity index (χ3n) is 2.34. The molecule has 2 rings (SSSR count). The van der Waals surface area contributed by atoms with Crippen LogP contribution in [-0.2, 0) is 0 Å². The van der Waals surface area contributed by atoms with E-state index in [9.17, 15) is 10.1 Å². The molecule has 0 aromatic heterocycles. The molecule has 0 unspecified atom stereocenters. The van der Waals surface area contributed by atoms with Crippen LogP contribution in [-0.4, -0.2) is 18.8 Å². The molecule has 90 valence electrons. The van der Waals surface area contributed by atoms with E-state index < -0.39 is 4.92 Å². The minimum atomic E-state index is -0.447. The zero-order chi connectivity index (χ0) is 12.4. The second-order valence-electron chi connectivity index (χ2n) is 3.50. The summed E-state index contributed by atoms with van der Waals surface area (Å²) in [5, 5.41) is 10.5. The molecule has 17 heavy (non-hydrogen) atoms. The lowest BCUT2D eigenvalue weighted by molar-refractivity contribution is -0.422. The molecule has 0 atom stereocenters. The number of fused-ring (bicyclic) bond motifs is 1. The van der Waals surface area contributed by atoms with Crippen LogP contribution in [0.5, 0.6) is 17.2 Å². The number of benzene rings is 1. The number of hydrogen-bond donors (Lipinski definition) is 0. The summed E-state index contributed by atoms with van der Waals surface area (Å²) in [5.41, 5.74) is 0.686. The lowest BCUT2D eigenvalue weighted by Crippen LogP contribution is -1.94. The molecule has 1 aliphatic heterocycles. The van der Waals surface area contributed by atoms with Gasteiger partial charge in [0.25, 0.3) is 0 Å². The molecule has 6 nitrogen and oxygen atoms in total. The molecule has 0 radical (unpaired) electrons. The Morgan fingerprint density at radius 2 is 2.29 bits per heavy atom. The Bertz CT molecular complexity index is 495. The Hall–Kier alpha value is -2.24. The lowest BCUT2D eigenvalue weighted by Gasteiger charge is -2.05. The number of hydrogen-bond acceptors (Lipinski definition) is 5. The molecular weight excluding hydrogens is 226 g/mol. The highest BCUT2D eigenvalue weighted by Gasteiger charge is 2.20. The van der Waals surface area contributed by atoms with Crippen LogP contribution in [0.1, 0.15) is 12.5 Å². The van der Waals surface area contributed by atoms with Gasteiger partial charge < -0.3 is 14.2 Å². The van der Waals surface area contributed by atoms with Gasteiger partial charge >= 0.3 is 0 Å². The van der Waals surface area contributed by atoms with Gasteiger partial charge in [-0.2, -0.15) is 0 Å². The van der Waals surface area contributed by atoms with Gasteiger partial charge in [-0.15, -0.1) is 0 Å². The number of rotatable bonds is 3. The van der Waals surface area contributed by atoms with E-state index in [1.165, 1.54) is 20.1 Å². The van der Waals surface area contributed by atoms with Gasteiger partial charge in [-0.25, -0.2) is 0 Å². The third kappa shape index (κ3) is 2.15. The van der Waals surface area contributed by atoms with Gasteiger partial charge in [-0.1, -0.05) is 0 Å². The summed E-state index contributed by atoms with van der Waals surface area (Å²) in [6.07, 6.45) is 1.45. The average Bonchev–Trinajstić information content (AvgIpc) is 2.75. The van der Waals surface area contributed by atoms with E-state index in [1.54, 1.807) is 12.1 Å². The summed E-state index contributed by atoms with van der Waals surface area (Å²) in [7, 11) is 1.51. The van der Waals surface area contributed by atoms with Gasteiger partial charge in [0.15, 0.2) is 11.5 Å². The minimum absolute atomic E-state index is 0.0471. The molecule has 0 spiro atoms. The Morgan fingerprint density at radius 1 is 1.53 bits per heavy atom. The Labute approximate surface area is 97.6 Å². The lowest BCUT2D eigenvalue weighted by atomic mass is 10.1. The maximum absolute atomic E-state index is 10.5. The highest BCUT2D eigenvalue weighted by atomic mass is 16.7. The van der Waals surface area contributed by atoms with E-state index >= 15 is 0 Å². The largest absolute Gasteiger partial charge is 0.493 e. The van der Waals surface area contributed by atoms with Crippen LogP contribution in [0.25, 0.3) is 6.08 Å². The van der Waals surface area contributed by atoms with Crippen molar-refractivity contribution in [3.8, 4) is 17.2 Å². The van der Waals surface area contributed by atoms with Crippen molar-refractivity contribution in [3.05, 3.63) is 33.5 Å². The number of nitrogens with zero attached hydrogens (tertiary/aromatic N) is 1. The molecule has 0 aliphatic carbocycles. The van der Waals surface area contributed by atoms with Gasteiger partial charge in [-0.05, 0) is 17.7 Å². The van der Waals surface area contributed by atoms with E-state index in [-0.39, 0.29) is 12.5 Å². The van der Waals surface area contributed by atoms with Crippen molar-refractivity contribution in [2.75, 3.05) is 13.9 Å². The monoisotopic (exact) mass is 237 g/mol. The van der Waals surface area contributed by atoms with E-state index in [2.05, 4.69) is 0 Å². The van der Waals surface area contributed by atoms with Crippen LogP contribution in [0, 0.1) is 10.1 Å². The number of ether oxygens (including phenoxy) is 3. The predicted molar refractivity (Wildman–Crippen MR) is 59.8 cm³/mol. The van der Waals surface area contributed by atoms with Crippen LogP contribution in [0.3, 0.4) is 0 Å². The molecule has 1 aromatic carbocycles. The summed E-state index contributed by atoms with van der Waals surface area (Å²) >= 11 is 0. The highest BCUT2D eigenvalue weighted by molar-refractivity contribution is 5.63. The summed E-state index contributed by atoms with van der Waals surface area (Å²) in [6.45, 7) is 1.56. The van der Waals surface area contributed by atoms with Gasteiger partial charge in [0.1, 0.15) is 0 Å². The van der Waals surface area contributed by atoms with Crippen molar-refractivity contribution in [1.82, 2.24) is 0 Å². The molecule has 6 heteroatoms. The molecule has 0 saturated carbocycles. The summed E-state index contributed by atoms with van der Waals surface area (Å²) in [4.78, 5) is 10.1. The van der Waals surface area contributed by atoms with Gasteiger partial charge in [0.05, 0.1) is 12.0 Å². The number of methoxy groups -OCH3 is 1. The van der Waals surface area contributed by atoms with E-state index in [0.29, 0.717) is 22.8 Å². The predicted octanol–water partition coefficient (Wildman–Crippen LogP) is 2.06. The molecule has 0 amide bonds. The van der Waals surface area contributed by atoms with Crippen LogP contribution in [0.2, 0.25) is 0 Å². The molecule has 1 heterocycles. The van der Waals surface area contributed by atoms with Crippen molar-refractivity contribution in [2.45, 2.75) is 6.92 Å². The minimum Gasteiger partial charge on any atom is -0.493 e. The van der Waals surface area contributed by atoms with Gasteiger partial charge in [0.2, 0.25) is 18.2 Å². The molecule has 1 aliphatic rings. The smallest absolute Gasteiger partial charge is 0.243 e. The first-order valence-electron chi connectivity index (χ1n) is 4.92. The quantitative estimate of drug-likeness (QED) is 0.594. The van der Waals surface area contributed by atoms with Gasteiger partial charge in [0, 0.05) is 13.0 Å². The highest BCUT2D eigenvalue weighted by Crippen LogP contribution is 2.42. The first kappa shape index (κ1) is 11.3. The van der Waals surface area contributed by atoms with Crippen LogP contribution in [0.4, 0.5) is 0 Å². The van der Waals surface area contributed by atoms with Crippen molar-refractivity contribution < 1.29 is 19.1 Å². The zero-order valence-electron chi connectivity index (χ0n) is 9.43. The molecule has 1 aromatic rings. The maximum Gasteiger partial charge on any atom is 0.243 e. The summed E-state index contributed by atoms with van der Waals surface area (Å²) in [5.74, 6) is 1.57. The fourth-order valence-electron chi connectivity index (χ4n) is 1.53. The topological polar surface area (TPSA) is 70.8 Å². The fraction of sp³-hybridized carbons (Fsp3) is 0.273. The molecule has 0 N–H and O–H groups in total. The second kappa shape index (κ2) is 4.32. The Morgan fingerprint density at radius 3 is 2.94 bits per heavy atom. The number of allylic oxidation sites excluding steroid dienone is 1. The average molecular weight is 237 g/mol. The van der Waals surface area contributed by atoms with Crippen molar-refractivity contribution in [2.24, 2.45) is 0 Å². The zero-order valence-corrected chi connectivity index (χ0v) is 9.43. The van der Waals surface area contributed by atoms with Crippen LogP contribution >= 0.6 is 0 Å². The van der Waals surface area contributed by atoms with E-state index in [1.807, 2.05) is 0 Å². The van der Waals surface area contributed by atoms with Crippen molar-refractivity contribution >= 4 is 6.08 Å². The standard InChI is InChI=1S/C11H11NO5/c1-7(12(13)14)3-8-4-9(15-2)11-10(5-8)16-6-17-11/h3-5H,6H2,1-2H3. The molecule has 0 bridgehead atoms. The molecular formula is C11H11NO5. The third-order valence-corrected chi connectivity index (χ3v) is 2.34. The first-order valence-corrected chi connectivity index (χ1v) is 4.92. The van der Waals surface area contributed by atoms with Crippen LogP contribution < -0.4 is 14.2 Å². The van der Waals surface area contributed by atoms with Crippen LogP contribution in [0.15, 0.2) is 17.8 Å². The maximum atomic E-state index is 10.5. The molecule has 0 fully saturated rings. The van der Waals surface area contributed by atoms with E-state index in [0.717, 1.165) is 0 Å². The second-order valence-corrected chi connectivity index (χ2v) is 3.50. The summed E-state index contributed by atoms with van der Waals surface area (Å²) in [6, 6.07) is 3.35. The van der Waals surface area contributed by atoms with Gasteiger partial charge in [-0.3, -0.25) is 10.1 Å². The van der Waals surface area contributed by atoms with E-state index in [4.69, 9.17) is 14.2 Å². The Kier molecular flexibility index (Phi) is 2.86. The molecule has 0 saturated heterocycles. The normalized spacial score (nSPS) is 13.6. The SMILES string of the molecule is COc1cc(C=C(C)[N+](=O)[O-])cc2c1OCO2. The fourth-order valence-corrected chi connectivity index (χ4v) is 1.53. The first-order chi connectivity index (χ1) is 8.11. The summed E-state index contributed by atoms with van der Waals surface area (Å²) < 4.78 is 15.6. The van der Waals surface area contributed by atoms with Crippen molar-refractivity contribution in [1.29, 1.82) is 0 Å². The van der Waals surface area contributed by atoms with Crippen molar-refractivity contribution in [3.63, 3.8) is 0 Å².